The van der Waals surface area contributed by atoms with Gasteiger partial charge in [-0.1, -0.05) is 36.4 Å². The summed E-state index contributed by atoms with van der Waals surface area (Å²) >= 11 is 0. The van der Waals surface area contributed by atoms with Crippen molar-refractivity contribution in [1.29, 1.82) is 0 Å². The molecule has 216 valence electrons. The van der Waals surface area contributed by atoms with Crippen LogP contribution in [0.5, 0.6) is 0 Å². The Morgan fingerprint density at radius 1 is 0.571 bits per heavy atom. The number of rotatable bonds is 12. The van der Waals surface area contributed by atoms with Crippen LogP contribution in [-0.2, 0) is 41.6 Å². The van der Waals surface area contributed by atoms with E-state index < -0.39 is 46.9 Å². The molecule has 1 aliphatic rings. The summed E-state index contributed by atoms with van der Waals surface area (Å²) in [6, 6.07) is 14.0. The van der Waals surface area contributed by atoms with Crippen LogP contribution in [-0.4, -0.2) is 55.3 Å². The zero-order valence-electron chi connectivity index (χ0n) is 22.8. The van der Waals surface area contributed by atoms with Gasteiger partial charge < -0.3 is 20.2 Å². The van der Waals surface area contributed by atoms with Crippen molar-refractivity contribution in [3.05, 3.63) is 71.0 Å². The second kappa shape index (κ2) is 11.9. The Hall–Kier alpha value is -4.86. The third kappa shape index (κ3) is 5.39. The quantitative estimate of drug-likeness (QED) is 0.110. The van der Waals surface area contributed by atoms with E-state index in [9.17, 15) is 28.8 Å². The summed E-state index contributed by atoms with van der Waals surface area (Å²) < 4.78 is 0. The Kier molecular flexibility index (Phi) is 8.15. The predicted octanol–water partition coefficient (Wildman–Crippen LogP) is 4.40. The van der Waals surface area contributed by atoms with Crippen molar-refractivity contribution in [2.75, 3.05) is 0 Å². The average Bonchev–Trinajstić information content (AvgIpc) is 3.51. The fraction of sp³-hybridized carbons (Fsp3) is 0.312. The number of benzene rings is 2. The Bertz CT molecular complexity index is 1590. The van der Waals surface area contributed by atoms with Crippen molar-refractivity contribution >= 4 is 56.9 Å². The van der Waals surface area contributed by atoms with E-state index in [1.165, 1.54) is 0 Å². The minimum atomic E-state index is -1.59. The summed E-state index contributed by atoms with van der Waals surface area (Å²) in [5, 5.41) is 19.1. The van der Waals surface area contributed by atoms with E-state index in [2.05, 4.69) is 9.97 Å². The molecule has 5 rings (SSSR count). The minimum Gasteiger partial charge on any atom is -0.481 e. The zero-order valence-corrected chi connectivity index (χ0v) is 22.8. The number of fused-ring (bicyclic) bond motifs is 2. The molecule has 0 spiro atoms. The fourth-order valence-corrected chi connectivity index (χ4v) is 5.98. The van der Waals surface area contributed by atoms with Crippen LogP contribution in [0.25, 0.3) is 21.8 Å². The molecule has 2 heterocycles. The van der Waals surface area contributed by atoms with Crippen LogP contribution in [0, 0.1) is 0 Å². The first-order valence-corrected chi connectivity index (χ1v) is 14.0. The highest BCUT2D eigenvalue weighted by Gasteiger charge is 2.52. The highest BCUT2D eigenvalue weighted by atomic mass is 16.4. The lowest BCUT2D eigenvalue weighted by molar-refractivity contribution is -0.151. The van der Waals surface area contributed by atoms with Gasteiger partial charge in [-0.15, -0.1) is 0 Å². The topological polar surface area (TPSA) is 174 Å². The normalized spacial score (nSPS) is 17.4. The van der Waals surface area contributed by atoms with Crippen LogP contribution < -0.4 is 0 Å². The van der Waals surface area contributed by atoms with Crippen LogP contribution >= 0.6 is 0 Å². The third-order valence-corrected chi connectivity index (χ3v) is 7.90. The van der Waals surface area contributed by atoms with Crippen molar-refractivity contribution in [3.8, 4) is 0 Å². The number of aromatic nitrogens is 2. The standard InChI is InChI=1S/C32H30N2O8/c35-23(36)15-7-5-13-21-25(17-9-1-3-11-19(17)33-21)27-29(39)31(41)28(32(42)30(27)40)26-18-10-2-4-12-20(18)34-22(26)14-6-8-16-24(37)38/h1-4,9-12,27-28,33-34H,5-8,13-16H2,(H,35,36)(H,37,38). The van der Waals surface area contributed by atoms with Gasteiger partial charge in [-0.05, 0) is 61.8 Å². The highest BCUT2D eigenvalue weighted by Crippen LogP contribution is 2.40. The number of para-hydroxylation sites is 2. The number of unbranched alkanes of at least 4 members (excludes halogenated alkanes) is 2. The van der Waals surface area contributed by atoms with Gasteiger partial charge in [0.25, 0.3) is 0 Å². The van der Waals surface area contributed by atoms with Gasteiger partial charge in [-0.3, -0.25) is 28.8 Å². The summed E-state index contributed by atoms with van der Waals surface area (Å²) in [4.78, 5) is 83.5. The van der Waals surface area contributed by atoms with Gasteiger partial charge in [0, 0.05) is 46.0 Å². The number of aromatic amines is 2. The van der Waals surface area contributed by atoms with E-state index in [0.717, 1.165) is 0 Å². The van der Waals surface area contributed by atoms with E-state index in [-0.39, 0.29) is 12.8 Å². The third-order valence-electron chi connectivity index (χ3n) is 7.90. The summed E-state index contributed by atoms with van der Waals surface area (Å²) in [6.07, 6.45) is 2.31. The van der Waals surface area contributed by atoms with E-state index in [1.807, 2.05) is 0 Å². The number of aryl methyl sites for hydroxylation is 2. The van der Waals surface area contributed by atoms with Crippen LogP contribution in [0.15, 0.2) is 48.5 Å². The number of carboxylic acids is 2. The van der Waals surface area contributed by atoms with Crippen LogP contribution in [0.3, 0.4) is 0 Å². The molecule has 0 radical (unpaired) electrons. The lowest BCUT2D eigenvalue weighted by atomic mass is 9.71. The number of hydrogen-bond acceptors (Lipinski definition) is 6. The summed E-state index contributed by atoms with van der Waals surface area (Å²) in [7, 11) is 0. The number of carbonyl (C=O) groups is 6. The van der Waals surface area contributed by atoms with Crippen molar-refractivity contribution in [2.24, 2.45) is 0 Å². The summed E-state index contributed by atoms with van der Waals surface area (Å²) in [6.45, 7) is 0. The maximum Gasteiger partial charge on any atom is 0.303 e. The van der Waals surface area contributed by atoms with Gasteiger partial charge in [-0.25, -0.2) is 0 Å². The predicted molar refractivity (Wildman–Crippen MR) is 152 cm³/mol. The smallest absolute Gasteiger partial charge is 0.303 e. The number of carboxylic acid groups (broad SMARTS) is 2. The number of Topliss-reactive ketones (excluding diaryl/α,β-unsaturated/α-hetero) is 4. The largest absolute Gasteiger partial charge is 0.481 e. The molecule has 42 heavy (non-hydrogen) atoms. The van der Waals surface area contributed by atoms with Gasteiger partial charge in [-0.2, -0.15) is 0 Å². The van der Waals surface area contributed by atoms with Gasteiger partial charge in [0.2, 0.25) is 23.1 Å². The van der Waals surface area contributed by atoms with Crippen molar-refractivity contribution in [1.82, 2.24) is 9.97 Å². The highest BCUT2D eigenvalue weighted by molar-refractivity contribution is 6.64. The first-order valence-electron chi connectivity index (χ1n) is 14.0. The second-order valence-corrected chi connectivity index (χ2v) is 10.7. The van der Waals surface area contributed by atoms with Gasteiger partial charge in [0.05, 0.1) is 0 Å². The molecule has 10 nitrogen and oxygen atoms in total. The Morgan fingerprint density at radius 2 is 0.929 bits per heavy atom. The lowest BCUT2D eigenvalue weighted by Crippen LogP contribution is -2.46. The first kappa shape index (κ1) is 28.7. The molecule has 1 fully saturated rings. The van der Waals surface area contributed by atoms with E-state index in [0.29, 0.717) is 82.8 Å². The summed E-state index contributed by atoms with van der Waals surface area (Å²) in [5.41, 5.74) is 2.93. The Morgan fingerprint density at radius 3 is 1.29 bits per heavy atom. The Balaban J connectivity index is 1.52. The molecule has 2 aromatic heterocycles. The van der Waals surface area contributed by atoms with E-state index >= 15 is 0 Å². The molecule has 4 aromatic rings. The molecule has 0 unspecified atom stereocenters. The van der Waals surface area contributed by atoms with E-state index in [4.69, 9.17) is 10.2 Å². The van der Waals surface area contributed by atoms with E-state index in [1.54, 1.807) is 48.5 Å². The molecule has 10 heteroatoms. The SMILES string of the molecule is O=C(O)CCCCc1[nH]c2ccccc2c1C1C(=O)C(=O)C(c2c(CCCCC(=O)O)[nH]c3ccccc23)C(=O)C1=O. The molecule has 2 aromatic carbocycles. The van der Waals surface area contributed by atoms with Crippen LogP contribution in [0.1, 0.15) is 72.9 Å². The molecule has 0 amide bonds. The molecule has 0 saturated heterocycles. The first-order chi connectivity index (χ1) is 20.2. The number of H-pyrrole nitrogens is 2. The van der Waals surface area contributed by atoms with Crippen LogP contribution in [0.4, 0.5) is 0 Å². The minimum absolute atomic E-state index is 0.0290. The van der Waals surface area contributed by atoms with Crippen molar-refractivity contribution < 1.29 is 39.0 Å². The molecular formula is C32H30N2O8. The van der Waals surface area contributed by atoms with Gasteiger partial charge in [0.1, 0.15) is 11.8 Å². The maximum atomic E-state index is 13.8. The molecule has 1 aliphatic carbocycles. The van der Waals surface area contributed by atoms with Crippen molar-refractivity contribution in [2.45, 2.75) is 63.2 Å². The zero-order chi connectivity index (χ0) is 30.0. The van der Waals surface area contributed by atoms with Crippen LogP contribution in [0.2, 0.25) is 0 Å². The molecule has 0 aliphatic heterocycles. The molecule has 0 bridgehead atoms. The molecule has 4 N–H and O–H groups in total. The Labute approximate surface area is 240 Å². The number of ketones is 4. The maximum absolute atomic E-state index is 13.8. The second-order valence-electron chi connectivity index (χ2n) is 10.7. The number of aliphatic carboxylic acids is 2. The lowest BCUT2D eigenvalue weighted by Gasteiger charge is -2.25. The molecule has 1 saturated carbocycles. The number of nitrogens with one attached hydrogen (secondary N) is 2. The molecule has 0 atom stereocenters. The monoisotopic (exact) mass is 570 g/mol. The van der Waals surface area contributed by atoms with Gasteiger partial charge in [0.15, 0.2) is 0 Å². The number of hydrogen-bond donors (Lipinski definition) is 4. The number of carbonyl (C=O) groups excluding carboxylic acids is 4. The van der Waals surface area contributed by atoms with Crippen molar-refractivity contribution in [3.63, 3.8) is 0 Å². The van der Waals surface area contributed by atoms with Gasteiger partial charge >= 0.3 is 11.9 Å². The fourth-order valence-electron chi connectivity index (χ4n) is 5.98. The molecular weight excluding hydrogens is 540 g/mol. The average molecular weight is 571 g/mol. The summed E-state index contributed by atoms with van der Waals surface area (Å²) in [5.74, 6) is -8.85.